The number of rotatable bonds is 2. The SMILES string of the molecule is [CH2]c1ccccc1B(O)c1ccccc1. The second-order valence-corrected chi connectivity index (χ2v) is 3.51. The van der Waals surface area contributed by atoms with Crippen molar-refractivity contribution in [2.75, 3.05) is 0 Å². The smallest absolute Gasteiger partial charge is 0.359 e. The minimum atomic E-state index is -0.583. The molecule has 2 rings (SSSR count). The Bertz CT molecular complexity index is 439. The molecule has 0 amide bonds. The van der Waals surface area contributed by atoms with Crippen LogP contribution in [0.25, 0.3) is 0 Å². The van der Waals surface area contributed by atoms with E-state index in [0.717, 1.165) is 16.5 Å². The zero-order valence-electron chi connectivity index (χ0n) is 8.43. The van der Waals surface area contributed by atoms with E-state index in [-0.39, 0.29) is 0 Å². The van der Waals surface area contributed by atoms with Crippen LogP contribution in [0.15, 0.2) is 54.6 Å². The second kappa shape index (κ2) is 4.32. The summed E-state index contributed by atoms with van der Waals surface area (Å²) in [6, 6.07) is 17.2. The van der Waals surface area contributed by atoms with Gasteiger partial charge in [0.15, 0.2) is 0 Å². The van der Waals surface area contributed by atoms with E-state index in [9.17, 15) is 5.02 Å². The molecule has 1 N–H and O–H groups in total. The van der Waals surface area contributed by atoms with Crippen LogP contribution in [0, 0.1) is 6.92 Å². The van der Waals surface area contributed by atoms with Gasteiger partial charge in [-0.3, -0.25) is 0 Å². The molecule has 2 aromatic carbocycles. The van der Waals surface area contributed by atoms with Crippen LogP contribution in [-0.4, -0.2) is 11.9 Å². The van der Waals surface area contributed by atoms with Gasteiger partial charge in [-0.2, -0.15) is 0 Å². The molecule has 2 heteroatoms. The molecule has 2 aromatic rings. The maximum absolute atomic E-state index is 10.1. The highest BCUT2D eigenvalue weighted by molar-refractivity contribution is 6.79. The predicted octanol–water partition coefficient (Wildman–Crippen LogP) is 0.967. The molecule has 73 valence electrons. The Morgan fingerprint density at radius 3 is 2.13 bits per heavy atom. The van der Waals surface area contributed by atoms with Crippen molar-refractivity contribution in [1.29, 1.82) is 0 Å². The van der Waals surface area contributed by atoms with Crippen LogP contribution in [0.3, 0.4) is 0 Å². The molecular formula is C13H12BO. The van der Waals surface area contributed by atoms with E-state index in [1.165, 1.54) is 0 Å². The van der Waals surface area contributed by atoms with Gasteiger partial charge in [0, 0.05) is 0 Å². The molecule has 0 aliphatic rings. The highest BCUT2D eigenvalue weighted by Crippen LogP contribution is 1.96. The maximum Gasteiger partial charge on any atom is 0.359 e. The summed E-state index contributed by atoms with van der Waals surface area (Å²) in [5.74, 6) is 0. The molecule has 1 nitrogen and oxygen atoms in total. The summed E-state index contributed by atoms with van der Waals surface area (Å²) >= 11 is 0. The van der Waals surface area contributed by atoms with E-state index >= 15 is 0 Å². The van der Waals surface area contributed by atoms with E-state index in [1.54, 1.807) is 0 Å². The summed E-state index contributed by atoms with van der Waals surface area (Å²) in [4.78, 5) is 0. The van der Waals surface area contributed by atoms with Crippen molar-refractivity contribution >= 4 is 17.8 Å². The van der Waals surface area contributed by atoms with Gasteiger partial charge in [-0.15, -0.1) is 0 Å². The zero-order chi connectivity index (χ0) is 10.7. The van der Waals surface area contributed by atoms with Crippen molar-refractivity contribution in [3.8, 4) is 0 Å². The van der Waals surface area contributed by atoms with Crippen molar-refractivity contribution < 1.29 is 5.02 Å². The van der Waals surface area contributed by atoms with Crippen molar-refractivity contribution in [3.63, 3.8) is 0 Å². The number of benzene rings is 2. The van der Waals surface area contributed by atoms with Crippen molar-refractivity contribution in [2.45, 2.75) is 0 Å². The first-order valence-electron chi connectivity index (χ1n) is 4.93. The molecule has 0 saturated heterocycles. The number of hydrogen-bond acceptors (Lipinski definition) is 1. The molecule has 0 aliphatic heterocycles. The van der Waals surface area contributed by atoms with Crippen molar-refractivity contribution in [1.82, 2.24) is 0 Å². The fourth-order valence-electron chi connectivity index (χ4n) is 1.62. The monoisotopic (exact) mass is 195 g/mol. The lowest BCUT2D eigenvalue weighted by atomic mass is 9.55. The lowest BCUT2D eigenvalue weighted by Gasteiger charge is -2.09. The quantitative estimate of drug-likeness (QED) is 0.707. The van der Waals surface area contributed by atoms with E-state index < -0.39 is 6.92 Å². The zero-order valence-corrected chi connectivity index (χ0v) is 8.43. The van der Waals surface area contributed by atoms with Gasteiger partial charge in [0.1, 0.15) is 0 Å². The van der Waals surface area contributed by atoms with Crippen LogP contribution in [0.4, 0.5) is 0 Å². The molecule has 0 unspecified atom stereocenters. The fourth-order valence-corrected chi connectivity index (χ4v) is 1.62. The van der Waals surface area contributed by atoms with Crippen LogP contribution in [0.1, 0.15) is 5.56 Å². The van der Waals surface area contributed by atoms with E-state index in [2.05, 4.69) is 6.92 Å². The minimum Gasteiger partial charge on any atom is -0.443 e. The second-order valence-electron chi connectivity index (χ2n) is 3.51. The average Bonchev–Trinajstić information content (AvgIpc) is 2.30. The van der Waals surface area contributed by atoms with Crippen molar-refractivity contribution in [3.05, 3.63) is 67.1 Å². The van der Waals surface area contributed by atoms with Gasteiger partial charge >= 0.3 is 6.92 Å². The molecule has 0 fully saturated rings. The van der Waals surface area contributed by atoms with Crippen molar-refractivity contribution in [2.24, 2.45) is 0 Å². The third-order valence-electron chi connectivity index (χ3n) is 2.46. The summed E-state index contributed by atoms with van der Waals surface area (Å²) in [5, 5.41) is 10.1. The summed E-state index contributed by atoms with van der Waals surface area (Å²) in [6.07, 6.45) is 0. The Morgan fingerprint density at radius 2 is 1.47 bits per heavy atom. The first-order chi connectivity index (χ1) is 7.29. The highest BCUT2D eigenvalue weighted by atomic mass is 16.2. The molecule has 0 bridgehead atoms. The molecule has 0 aliphatic carbocycles. The van der Waals surface area contributed by atoms with Gasteiger partial charge in [0.2, 0.25) is 0 Å². The van der Waals surface area contributed by atoms with E-state index in [1.807, 2.05) is 54.6 Å². The maximum atomic E-state index is 10.1. The van der Waals surface area contributed by atoms with Gasteiger partial charge in [0.05, 0.1) is 0 Å². The highest BCUT2D eigenvalue weighted by Gasteiger charge is 2.17. The molecule has 1 radical (unpaired) electrons. The van der Waals surface area contributed by atoms with Gasteiger partial charge in [-0.05, 0) is 17.8 Å². The Hall–Kier alpha value is -1.54. The van der Waals surface area contributed by atoms with Crippen LogP contribution in [0.2, 0.25) is 0 Å². The van der Waals surface area contributed by atoms with Crippen LogP contribution in [-0.2, 0) is 0 Å². The van der Waals surface area contributed by atoms with Gasteiger partial charge in [0.25, 0.3) is 0 Å². The predicted molar refractivity (Wildman–Crippen MR) is 64.6 cm³/mol. The fraction of sp³-hybridized carbons (Fsp3) is 0. The van der Waals surface area contributed by atoms with E-state index in [4.69, 9.17) is 0 Å². The third kappa shape index (κ3) is 2.11. The number of hydrogen-bond donors (Lipinski definition) is 1. The Labute approximate surface area is 90.5 Å². The normalized spacial score (nSPS) is 10.0. The minimum absolute atomic E-state index is 0.583. The lowest BCUT2D eigenvalue weighted by molar-refractivity contribution is 0.600. The van der Waals surface area contributed by atoms with Crippen LogP contribution >= 0.6 is 0 Å². The summed E-state index contributed by atoms with van der Waals surface area (Å²) in [6.45, 7) is 3.32. The first kappa shape index (κ1) is 10.00. The lowest BCUT2D eigenvalue weighted by Crippen LogP contribution is -2.43. The molecular weight excluding hydrogens is 183 g/mol. The molecule has 0 atom stereocenters. The van der Waals surface area contributed by atoms with E-state index in [0.29, 0.717) is 0 Å². The summed E-state index contributed by atoms with van der Waals surface area (Å²) < 4.78 is 0. The molecule has 0 saturated carbocycles. The standard InChI is InChI=1S/C13H12BO/c1-11-7-5-6-10-13(11)14(15)12-8-3-2-4-9-12/h2-10,15H,1H2. The topological polar surface area (TPSA) is 20.2 Å². The molecule has 0 heterocycles. The Morgan fingerprint density at radius 1 is 0.867 bits per heavy atom. The Balaban J connectivity index is 2.37. The third-order valence-corrected chi connectivity index (χ3v) is 2.46. The molecule has 15 heavy (non-hydrogen) atoms. The summed E-state index contributed by atoms with van der Waals surface area (Å²) in [7, 11) is 0. The largest absolute Gasteiger partial charge is 0.443 e. The molecule has 0 aromatic heterocycles. The molecule has 0 spiro atoms. The first-order valence-corrected chi connectivity index (χ1v) is 4.93. The van der Waals surface area contributed by atoms with Crippen LogP contribution in [0.5, 0.6) is 0 Å². The van der Waals surface area contributed by atoms with Gasteiger partial charge in [-0.1, -0.05) is 60.2 Å². The Kier molecular flexibility index (Phi) is 2.88. The average molecular weight is 195 g/mol. The van der Waals surface area contributed by atoms with Gasteiger partial charge < -0.3 is 5.02 Å². The summed E-state index contributed by atoms with van der Waals surface area (Å²) in [5.41, 5.74) is 2.63. The van der Waals surface area contributed by atoms with Gasteiger partial charge in [-0.25, -0.2) is 0 Å². The van der Waals surface area contributed by atoms with Crippen LogP contribution < -0.4 is 10.9 Å².